The maximum absolute atomic E-state index is 12.6. The number of sulfonamides is 1. The molecule has 1 aromatic heterocycles. The maximum Gasteiger partial charge on any atom is 0.306 e. The van der Waals surface area contributed by atoms with Gasteiger partial charge in [-0.15, -0.1) is 11.8 Å². The van der Waals surface area contributed by atoms with E-state index in [1.807, 2.05) is 6.92 Å². The molecule has 0 atom stereocenters. The Kier molecular flexibility index (Phi) is 6.69. The van der Waals surface area contributed by atoms with Gasteiger partial charge in [0.05, 0.1) is 24.2 Å². The van der Waals surface area contributed by atoms with Crippen LogP contribution in [-0.4, -0.2) is 32.2 Å². The lowest BCUT2D eigenvalue weighted by Gasteiger charge is -2.12. The van der Waals surface area contributed by atoms with E-state index < -0.39 is 10.0 Å². The van der Waals surface area contributed by atoms with Crippen LogP contribution in [0.25, 0.3) is 0 Å². The number of anilines is 1. The summed E-state index contributed by atoms with van der Waals surface area (Å²) < 4.78 is 32.3. The summed E-state index contributed by atoms with van der Waals surface area (Å²) in [5.41, 5.74) is 1.19. The Morgan fingerprint density at radius 3 is 2.80 bits per heavy atom. The van der Waals surface area contributed by atoms with Gasteiger partial charge in [0, 0.05) is 11.9 Å². The fraction of sp³-hybridized carbons (Fsp3) is 0.250. The van der Waals surface area contributed by atoms with Crippen molar-refractivity contribution in [2.24, 2.45) is 0 Å². The topological polar surface area (TPSA) is 85.4 Å². The average molecular weight is 401 g/mol. The van der Waals surface area contributed by atoms with E-state index >= 15 is 0 Å². The number of aryl methyl sites for hydroxylation is 1. The number of ether oxygens (including phenoxy) is 1. The van der Waals surface area contributed by atoms with Crippen molar-refractivity contribution in [2.75, 3.05) is 17.6 Å². The Morgan fingerprint density at radius 2 is 2.12 bits per heavy atom. The predicted octanol–water partition coefficient (Wildman–Crippen LogP) is 3.50. The van der Waals surface area contributed by atoms with Crippen molar-refractivity contribution in [2.45, 2.75) is 23.3 Å². The summed E-state index contributed by atoms with van der Waals surface area (Å²) in [7, 11) is -2.54. The molecule has 25 heavy (non-hydrogen) atoms. The van der Waals surface area contributed by atoms with Crippen LogP contribution in [-0.2, 0) is 19.6 Å². The number of carbonyl (C=O) groups is 1. The number of methoxy groups -OCH3 is 1. The Labute approximate surface area is 156 Å². The van der Waals surface area contributed by atoms with Crippen LogP contribution in [0.15, 0.2) is 46.5 Å². The molecule has 0 saturated heterocycles. The van der Waals surface area contributed by atoms with Gasteiger partial charge < -0.3 is 4.74 Å². The average Bonchev–Trinajstić information content (AvgIpc) is 2.55. The number of carbonyl (C=O) groups excluding carboxylic acids is 1. The Bertz CT molecular complexity index is 872. The number of nitrogens with one attached hydrogen (secondary N) is 1. The minimum atomic E-state index is -3.86. The van der Waals surface area contributed by atoms with E-state index in [0.29, 0.717) is 16.5 Å². The van der Waals surface area contributed by atoms with Crippen LogP contribution in [0.4, 0.5) is 5.69 Å². The van der Waals surface area contributed by atoms with Crippen LogP contribution in [0.2, 0.25) is 5.02 Å². The summed E-state index contributed by atoms with van der Waals surface area (Å²) in [5.74, 6) is 0.0842. The van der Waals surface area contributed by atoms with Crippen molar-refractivity contribution in [3.05, 3.63) is 47.1 Å². The van der Waals surface area contributed by atoms with Gasteiger partial charge in [-0.05, 0) is 36.8 Å². The number of benzene rings is 1. The summed E-state index contributed by atoms with van der Waals surface area (Å²) in [4.78, 5) is 15.3. The SMILES string of the molecule is COC(=O)CCSc1ncccc1NS(=O)(=O)c1ccc(C)cc1Cl. The Balaban J connectivity index is 2.20. The molecule has 0 unspecified atom stereocenters. The lowest BCUT2D eigenvalue weighted by Crippen LogP contribution is -2.14. The van der Waals surface area contributed by atoms with Gasteiger partial charge in [-0.2, -0.15) is 0 Å². The summed E-state index contributed by atoms with van der Waals surface area (Å²) in [5, 5.41) is 0.620. The molecule has 0 amide bonds. The first-order chi connectivity index (χ1) is 11.8. The molecule has 0 saturated carbocycles. The highest BCUT2D eigenvalue weighted by Gasteiger charge is 2.20. The summed E-state index contributed by atoms with van der Waals surface area (Å²) >= 11 is 7.32. The molecule has 0 bridgehead atoms. The monoisotopic (exact) mass is 400 g/mol. The highest BCUT2D eigenvalue weighted by Crippen LogP contribution is 2.29. The highest BCUT2D eigenvalue weighted by atomic mass is 35.5. The summed E-state index contributed by atoms with van der Waals surface area (Å²) in [6, 6.07) is 7.95. The number of rotatable bonds is 7. The third-order valence-electron chi connectivity index (χ3n) is 3.17. The number of nitrogens with zero attached hydrogens (tertiary/aromatic N) is 1. The molecule has 134 valence electrons. The van der Waals surface area contributed by atoms with Crippen molar-refractivity contribution in [3.63, 3.8) is 0 Å². The zero-order valence-corrected chi connectivity index (χ0v) is 16.0. The van der Waals surface area contributed by atoms with Crippen LogP contribution >= 0.6 is 23.4 Å². The quantitative estimate of drug-likeness (QED) is 0.565. The molecule has 0 aliphatic rings. The molecule has 2 aromatic rings. The largest absolute Gasteiger partial charge is 0.469 e. The number of hydrogen-bond donors (Lipinski definition) is 1. The van der Waals surface area contributed by atoms with Gasteiger partial charge in [-0.1, -0.05) is 17.7 Å². The molecule has 0 spiro atoms. The van der Waals surface area contributed by atoms with E-state index in [2.05, 4.69) is 14.4 Å². The number of pyridine rings is 1. The van der Waals surface area contributed by atoms with Crippen molar-refractivity contribution in [1.29, 1.82) is 0 Å². The second-order valence-corrected chi connectivity index (χ2v) is 8.21. The van der Waals surface area contributed by atoms with Gasteiger partial charge in [-0.25, -0.2) is 13.4 Å². The second-order valence-electron chi connectivity index (χ2n) is 5.07. The van der Waals surface area contributed by atoms with E-state index in [-0.39, 0.29) is 22.3 Å². The molecular weight excluding hydrogens is 384 g/mol. The van der Waals surface area contributed by atoms with Gasteiger partial charge in [0.25, 0.3) is 10.0 Å². The van der Waals surface area contributed by atoms with Gasteiger partial charge in [-0.3, -0.25) is 9.52 Å². The minimum Gasteiger partial charge on any atom is -0.469 e. The fourth-order valence-electron chi connectivity index (χ4n) is 1.94. The molecule has 9 heteroatoms. The van der Waals surface area contributed by atoms with Crippen molar-refractivity contribution in [3.8, 4) is 0 Å². The van der Waals surface area contributed by atoms with Crippen LogP contribution < -0.4 is 4.72 Å². The first kappa shape index (κ1) is 19.6. The molecule has 0 radical (unpaired) electrons. The van der Waals surface area contributed by atoms with Gasteiger partial charge in [0.15, 0.2) is 0 Å². The zero-order valence-electron chi connectivity index (χ0n) is 13.7. The molecule has 1 N–H and O–H groups in total. The van der Waals surface area contributed by atoms with Gasteiger partial charge >= 0.3 is 5.97 Å². The number of aromatic nitrogens is 1. The van der Waals surface area contributed by atoms with E-state index in [1.54, 1.807) is 30.5 Å². The maximum atomic E-state index is 12.6. The first-order valence-corrected chi connectivity index (χ1v) is 10.1. The molecule has 0 fully saturated rings. The van der Waals surface area contributed by atoms with Crippen molar-refractivity contribution in [1.82, 2.24) is 4.98 Å². The number of esters is 1. The molecule has 1 heterocycles. The predicted molar refractivity (Wildman–Crippen MR) is 98.6 cm³/mol. The number of hydrogen-bond acceptors (Lipinski definition) is 6. The molecule has 0 aliphatic heterocycles. The van der Waals surface area contributed by atoms with Crippen LogP contribution in [0.1, 0.15) is 12.0 Å². The van der Waals surface area contributed by atoms with Crippen LogP contribution in [0, 0.1) is 6.92 Å². The molecule has 1 aromatic carbocycles. The van der Waals surface area contributed by atoms with Gasteiger partial charge in [0.1, 0.15) is 9.92 Å². The lowest BCUT2D eigenvalue weighted by molar-refractivity contribution is -0.140. The normalized spacial score (nSPS) is 11.2. The zero-order chi connectivity index (χ0) is 18.4. The minimum absolute atomic E-state index is 0.00543. The smallest absolute Gasteiger partial charge is 0.306 e. The van der Waals surface area contributed by atoms with E-state index in [0.717, 1.165) is 5.56 Å². The van der Waals surface area contributed by atoms with Crippen LogP contribution in [0.3, 0.4) is 0 Å². The second kappa shape index (κ2) is 8.55. The highest BCUT2D eigenvalue weighted by molar-refractivity contribution is 7.99. The van der Waals surface area contributed by atoms with E-state index in [4.69, 9.17) is 11.6 Å². The van der Waals surface area contributed by atoms with E-state index in [9.17, 15) is 13.2 Å². The first-order valence-electron chi connectivity index (χ1n) is 7.27. The number of thioether (sulfide) groups is 1. The Morgan fingerprint density at radius 1 is 1.36 bits per heavy atom. The van der Waals surface area contributed by atoms with Gasteiger partial charge in [0.2, 0.25) is 0 Å². The fourth-order valence-corrected chi connectivity index (χ4v) is 4.54. The summed E-state index contributed by atoms with van der Waals surface area (Å²) in [6.07, 6.45) is 1.75. The third-order valence-corrected chi connectivity index (χ3v) is 6.02. The summed E-state index contributed by atoms with van der Waals surface area (Å²) in [6.45, 7) is 1.83. The molecule has 6 nitrogen and oxygen atoms in total. The standard InChI is InChI=1S/C16H17ClN2O4S2/c1-11-5-6-14(12(17)10-11)25(21,22)19-13-4-3-8-18-16(13)24-9-7-15(20)23-2/h3-6,8,10,19H,7,9H2,1-2H3. The van der Waals surface area contributed by atoms with Crippen molar-refractivity contribution >= 4 is 45.0 Å². The third kappa shape index (κ3) is 5.35. The Hall–Kier alpha value is -1.77. The van der Waals surface area contributed by atoms with Crippen molar-refractivity contribution < 1.29 is 17.9 Å². The number of halogens is 1. The molecule has 2 rings (SSSR count). The molecular formula is C16H17ClN2O4S2. The van der Waals surface area contributed by atoms with E-state index in [1.165, 1.54) is 24.9 Å². The molecule has 0 aliphatic carbocycles. The lowest BCUT2D eigenvalue weighted by atomic mass is 10.2. The van der Waals surface area contributed by atoms with Crippen LogP contribution in [0.5, 0.6) is 0 Å².